The van der Waals surface area contributed by atoms with Crippen molar-refractivity contribution in [2.75, 3.05) is 6.61 Å². The van der Waals surface area contributed by atoms with Gasteiger partial charge in [-0.25, -0.2) is 4.79 Å². The van der Waals surface area contributed by atoms with Gasteiger partial charge in [0, 0.05) is 6.20 Å². The zero-order chi connectivity index (χ0) is 17.5. The molecule has 1 aromatic heterocycles. The van der Waals surface area contributed by atoms with Crippen LogP contribution in [-0.2, 0) is 9.53 Å². The van der Waals surface area contributed by atoms with Crippen LogP contribution in [0.3, 0.4) is 0 Å². The van der Waals surface area contributed by atoms with E-state index < -0.39 is 24.0 Å². The standard InChI is InChI=1S/C18H20N2O4/c1-3-15(13-8-6-12(2)7-9-13)20-16(21)11-24-18(23)14-5-4-10-19-17(14)22/h4-10,15H,3,11H2,1-2H3,(H,19,22)(H,20,21)/t15-/m1/s1. The molecule has 0 saturated carbocycles. The molecule has 6 nitrogen and oxygen atoms in total. The summed E-state index contributed by atoms with van der Waals surface area (Å²) >= 11 is 0. The summed E-state index contributed by atoms with van der Waals surface area (Å²) < 4.78 is 4.90. The number of carbonyl (C=O) groups excluding carboxylic acids is 2. The van der Waals surface area contributed by atoms with E-state index in [2.05, 4.69) is 10.3 Å². The van der Waals surface area contributed by atoms with Gasteiger partial charge in [0.05, 0.1) is 6.04 Å². The molecule has 0 unspecified atom stereocenters. The van der Waals surface area contributed by atoms with Gasteiger partial charge in [0.25, 0.3) is 11.5 Å². The Bertz CT molecular complexity index is 765. The van der Waals surface area contributed by atoms with Gasteiger partial charge in [-0.05, 0) is 31.0 Å². The number of aromatic nitrogens is 1. The van der Waals surface area contributed by atoms with Crippen LogP contribution in [0.25, 0.3) is 0 Å². The van der Waals surface area contributed by atoms with E-state index in [1.165, 1.54) is 18.3 Å². The van der Waals surface area contributed by atoms with Crippen molar-refractivity contribution < 1.29 is 14.3 Å². The van der Waals surface area contributed by atoms with E-state index in [9.17, 15) is 14.4 Å². The quantitative estimate of drug-likeness (QED) is 0.795. The van der Waals surface area contributed by atoms with Crippen molar-refractivity contribution in [2.24, 2.45) is 0 Å². The molecule has 0 aliphatic heterocycles. The number of benzene rings is 1. The predicted octanol–water partition coefficient (Wildman–Crippen LogP) is 2.11. The number of carbonyl (C=O) groups is 2. The molecular formula is C18H20N2O4. The minimum absolute atomic E-state index is 0.129. The Morgan fingerprint density at radius 3 is 2.54 bits per heavy atom. The van der Waals surface area contributed by atoms with Crippen LogP contribution in [0.4, 0.5) is 0 Å². The summed E-state index contributed by atoms with van der Waals surface area (Å²) in [5.41, 5.74) is 1.45. The van der Waals surface area contributed by atoms with Crippen LogP contribution in [-0.4, -0.2) is 23.5 Å². The molecule has 0 bridgehead atoms. The second-order valence-electron chi connectivity index (χ2n) is 5.43. The van der Waals surface area contributed by atoms with E-state index in [1.807, 2.05) is 38.1 Å². The monoisotopic (exact) mass is 328 g/mol. The maximum Gasteiger partial charge on any atom is 0.344 e. The van der Waals surface area contributed by atoms with Crippen molar-refractivity contribution in [1.82, 2.24) is 10.3 Å². The first-order chi connectivity index (χ1) is 11.5. The number of esters is 1. The van der Waals surface area contributed by atoms with Crippen LogP contribution < -0.4 is 10.9 Å². The molecule has 0 spiro atoms. The molecule has 2 rings (SSSR count). The van der Waals surface area contributed by atoms with Crippen molar-refractivity contribution >= 4 is 11.9 Å². The average molecular weight is 328 g/mol. The number of rotatable bonds is 6. The van der Waals surface area contributed by atoms with E-state index in [0.717, 1.165) is 11.1 Å². The Hall–Kier alpha value is -2.89. The maximum atomic E-state index is 12.0. The molecule has 6 heteroatoms. The average Bonchev–Trinajstić information content (AvgIpc) is 2.59. The van der Waals surface area contributed by atoms with Gasteiger partial charge in [0.2, 0.25) is 0 Å². The summed E-state index contributed by atoms with van der Waals surface area (Å²) in [6, 6.07) is 10.6. The second kappa shape index (κ2) is 8.10. The van der Waals surface area contributed by atoms with Crippen LogP contribution in [0, 0.1) is 6.92 Å². The third-order valence-electron chi connectivity index (χ3n) is 3.60. The van der Waals surface area contributed by atoms with E-state index in [1.54, 1.807) is 0 Å². The lowest BCUT2D eigenvalue weighted by molar-refractivity contribution is -0.125. The second-order valence-corrected chi connectivity index (χ2v) is 5.43. The number of pyridine rings is 1. The predicted molar refractivity (Wildman–Crippen MR) is 89.7 cm³/mol. The Morgan fingerprint density at radius 1 is 1.21 bits per heavy atom. The molecule has 1 atom stereocenters. The first-order valence-corrected chi connectivity index (χ1v) is 7.72. The number of H-pyrrole nitrogens is 1. The van der Waals surface area contributed by atoms with Crippen LogP contribution in [0.1, 0.15) is 40.9 Å². The molecule has 0 aliphatic rings. The summed E-state index contributed by atoms with van der Waals surface area (Å²) in [6.07, 6.45) is 2.13. The molecule has 1 aromatic carbocycles. The van der Waals surface area contributed by atoms with E-state index in [-0.39, 0.29) is 11.6 Å². The van der Waals surface area contributed by atoms with Crippen molar-refractivity contribution in [2.45, 2.75) is 26.3 Å². The van der Waals surface area contributed by atoms with Gasteiger partial charge in [0.15, 0.2) is 6.61 Å². The number of hydrogen-bond acceptors (Lipinski definition) is 4. The smallest absolute Gasteiger partial charge is 0.344 e. The topological polar surface area (TPSA) is 88.3 Å². The van der Waals surface area contributed by atoms with Crippen LogP contribution >= 0.6 is 0 Å². The lowest BCUT2D eigenvalue weighted by Gasteiger charge is -2.17. The fourth-order valence-electron chi connectivity index (χ4n) is 2.25. The highest BCUT2D eigenvalue weighted by molar-refractivity contribution is 5.90. The summed E-state index contributed by atoms with van der Waals surface area (Å²) in [6.45, 7) is 3.52. The molecule has 24 heavy (non-hydrogen) atoms. The largest absolute Gasteiger partial charge is 0.452 e. The first-order valence-electron chi connectivity index (χ1n) is 7.72. The Balaban J connectivity index is 1.92. The molecule has 126 valence electrons. The highest BCUT2D eigenvalue weighted by Crippen LogP contribution is 2.16. The molecule has 1 amide bonds. The Morgan fingerprint density at radius 2 is 1.92 bits per heavy atom. The van der Waals surface area contributed by atoms with Gasteiger partial charge >= 0.3 is 5.97 Å². The van der Waals surface area contributed by atoms with Gasteiger partial charge < -0.3 is 15.0 Å². The van der Waals surface area contributed by atoms with Crippen LogP contribution in [0.15, 0.2) is 47.4 Å². The molecular weight excluding hydrogens is 308 g/mol. The van der Waals surface area contributed by atoms with Crippen molar-refractivity contribution in [1.29, 1.82) is 0 Å². The van der Waals surface area contributed by atoms with Gasteiger partial charge in [0.1, 0.15) is 5.56 Å². The van der Waals surface area contributed by atoms with Gasteiger partial charge in [-0.3, -0.25) is 9.59 Å². The van der Waals surface area contributed by atoms with Gasteiger partial charge in [-0.1, -0.05) is 36.8 Å². The van der Waals surface area contributed by atoms with Crippen molar-refractivity contribution in [3.63, 3.8) is 0 Å². The zero-order valence-corrected chi connectivity index (χ0v) is 13.7. The number of aromatic amines is 1. The molecule has 0 radical (unpaired) electrons. The molecule has 0 fully saturated rings. The lowest BCUT2D eigenvalue weighted by atomic mass is 10.0. The lowest BCUT2D eigenvalue weighted by Crippen LogP contribution is -2.32. The van der Waals surface area contributed by atoms with Gasteiger partial charge in [-0.2, -0.15) is 0 Å². The minimum atomic E-state index is -0.824. The van der Waals surface area contributed by atoms with Gasteiger partial charge in [-0.15, -0.1) is 0 Å². The Kier molecular flexibility index (Phi) is 5.89. The number of amides is 1. The highest BCUT2D eigenvalue weighted by atomic mass is 16.5. The summed E-state index contributed by atoms with van der Waals surface area (Å²) in [4.78, 5) is 37.7. The molecule has 2 aromatic rings. The number of ether oxygens (including phenoxy) is 1. The van der Waals surface area contributed by atoms with Crippen molar-refractivity contribution in [3.05, 3.63) is 69.6 Å². The van der Waals surface area contributed by atoms with Crippen LogP contribution in [0.2, 0.25) is 0 Å². The highest BCUT2D eigenvalue weighted by Gasteiger charge is 2.16. The zero-order valence-electron chi connectivity index (χ0n) is 13.7. The fourth-order valence-corrected chi connectivity index (χ4v) is 2.25. The van der Waals surface area contributed by atoms with E-state index in [0.29, 0.717) is 6.42 Å². The normalized spacial score (nSPS) is 11.6. The first kappa shape index (κ1) is 17.5. The van der Waals surface area contributed by atoms with E-state index in [4.69, 9.17) is 4.74 Å². The number of hydrogen-bond donors (Lipinski definition) is 2. The summed E-state index contributed by atoms with van der Waals surface area (Å²) in [5.74, 6) is -1.24. The SMILES string of the molecule is CC[C@@H](NC(=O)COC(=O)c1ccc[nH]c1=O)c1ccc(C)cc1. The molecule has 2 N–H and O–H groups in total. The third-order valence-corrected chi connectivity index (χ3v) is 3.60. The Labute approximate surface area is 139 Å². The van der Waals surface area contributed by atoms with Crippen LogP contribution in [0.5, 0.6) is 0 Å². The summed E-state index contributed by atoms with van der Waals surface area (Å²) in [5, 5.41) is 2.82. The molecule has 0 aliphatic carbocycles. The molecule has 0 saturated heterocycles. The maximum absolute atomic E-state index is 12.0. The summed E-state index contributed by atoms with van der Waals surface area (Å²) in [7, 11) is 0. The molecule has 1 heterocycles. The van der Waals surface area contributed by atoms with E-state index >= 15 is 0 Å². The third kappa shape index (κ3) is 4.55. The fraction of sp³-hybridized carbons (Fsp3) is 0.278. The number of nitrogens with one attached hydrogen (secondary N) is 2. The minimum Gasteiger partial charge on any atom is -0.452 e. The number of aryl methyl sites for hydroxylation is 1. The van der Waals surface area contributed by atoms with Crippen molar-refractivity contribution in [3.8, 4) is 0 Å².